The average Bonchev–Trinajstić information content (AvgIpc) is 2.16. The summed E-state index contributed by atoms with van der Waals surface area (Å²) >= 11 is 5.87. The summed E-state index contributed by atoms with van der Waals surface area (Å²) in [4.78, 5) is 13.9. The molecule has 0 aliphatic rings. The third kappa shape index (κ3) is 2.89. The van der Waals surface area contributed by atoms with Crippen molar-refractivity contribution in [1.82, 2.24) is 4.90 Å². The van der Waals surface area contributed by atoms with Crippen molar-refractivity contribution in [3.8, 4) is 0 Å². The van der Waals surface area contributed by atoms with Gasteiger partial charge < -0.3 is 10.6 Å². The maximum atomic E-state index is 12.1. The lowest BCUT2D eigenvalue weighted by Gasteiger charge is -2.25. The van der Waals surface area contributed by atoms with Gasteiger partial charge in [-0.1, -0.05) is 11.6 Å². The Morgan fingerprint density at radius 1 is 1.44 bits per heavy atom. The summed E-state index contributed by atoms with van der Waals surface area (Å²) in [6, 6.07) is 5.09. The Morgan fingerprint density at radius 3 is 2.50 bits per heavy atom. The van der Waals surface area contributed by atoms with Crippen LogP contribution in [-0.2, 0) is 0 Å². The normalized spacial score (nSPS) is 10.6. The van der Waals surface area contributed by atoms with Gasteiger partial charge in [0.05, 0.1) is 0 Å². The van der Waals surface area contributed by atoms with Crippen molar-refractivity contribution in [2.45, 2.75) is 26.8 Å². The highest BCUT2D eigenvalue weighted by atomic mass is 35.5. The fraction of sp³-hybridized carbons (Fsp3) is 0.417. The number of amides is 1. The van der Waals surface area contributed by atoms with Gasteiger partial charge in [-0.3, -0.25) is 4.79 Å². The van der Waals surface area contributed by atoms with E-state index in [1.807, 2.05) is 20.8 Å². The monoisotopic (exact) mass is 240 g/mol. The minimum Gasteiger partial charge on any atom is -0.399 e. The second-order valence-corrected chi connectivity index (χ2v) is 4.39. The minimum absolute atomic E-state index is 0.0355. The van der Waals surface area contributed by atoms with Crippen molar-refractivity contribution in [2.24, 2.45) is 0 Å². The van der Waals surface area contributed by atoms with Gasteiger partial charge in [-0.05, 0) is 39.0 Å². The van der Waals surface area contributed by atoms with E-state index in [0.29, 0.717) is 22.8 Å². The lowest BCUT2D eigenvalue weighted by Crippen LogP contribution is -2.36. The molecule has 1 aromatic carbocycles. The molecule has 1 rings (SSSR count). The molecule has 2 N–H and O–H groups in total. The van der Waals surface area contributed by atoms with Gasteiger partial charge >= 0.3 is 0 Å². The number of anilines is 1. The smallest absolute Gasteiger partial charge is 0.254 e. The first kappa shape index (κ1) is 12.8. The topological polar surface area (TPSA) is 46.3 Å². The Bertz CT molecular complexity index is 370. The third-order valence-corrected chi connectivity index (χ3v) is 2.61. The van der Waals surface area contributed by atoms with E-state index < -0.39 is 0 Å². The number of nitrogens with zero attached hydrogens (tertiary/aromatic N) is 1. The molecule has 3 nitrogen and oxygen atoms in total. The highest BCUT2D eigenvalue weighted by Gasteiger charge is 2.17. The standard InChI is InChI=1S/C12H17ClN2O/c1-4-15(8(2)3)12(16)9-5-10(13)7-11(14)6-9/h5-8H,4,14H2,1-3H3. The van der Waals surface area contributed by atoms with Crippen LogP contribution in [0.25, 0.3) is 0 Å². The largest absolute Gasteiger partial charge is 0.399 e. The maximum absolute atomic E-state index is 12.1. The maximum Gasteiger partial charge on any atom is 0.254 e. The van der Waals surface area contributed by atoms with Gasteiger partial charge in [0, 0.05) is 28.9 Å². The molecule has 0 aliphatic heterocycles. The molecule has 88 valence electrons. The van der Waals surface area contributed by atoms with Crippen LogP contribution in [-0.4, -0.2) is 23.4 Å². The van der Waals surface area contributed by atoms with E-state index in [9.17, 15) is 4.79 Å². The van der Waals surface area contributed by atoms with Crippen LogP contribution in [0.1, 0.15) is 31.1 Å². The molecule has 0 saturated heterocycles. The number of rotatable bonds is 3. The number of hydrogen-bond acceptors (Lipinski definition) is 2. The molecule has 0 bridgehead atoms. The number of carbonyl (C=O) groups excluding carboxylic acids is 1. The number of nitrogens with two attached hydrogens (primary N) is 1. The Kier molecular flexibility index (Phi) is 4.19. The number of hydrogen-bond donors (Lipinski definition) is 1. The lowest BCUT2D eigenvalue weighted by atomic mass is 10.1. The summed E-state index contributed by atoms with van der Waals surface area (Å²) < 4.78 is 0. The number of benzene rings is 1. The molecule has 0 spiro atoms. The molecule has 0 atom stereocenters. The fourth-order valence-corrected chi connectivity index (χ4v) is 1.89. The third-order valence-electron chi connectivity index (χ3n) is 2.39. The van der Waals surface area contributed by atoms with E-state index in [1.165, 1.54) is 0 Å². The summed E-state index contributed by atoms with van der Waals surface area (Å²) in [5.41, 5.74) is 6.71. The van der Waals surface area contributed by atoms with Gasteiger partial charge in [0.25, 0.3) is 5.91 Å². The van der Waals surface area contributed by atoms with Crippen LogP contribution < -0.4 is 5.73 Å². The van der Waals surface area contributed by atoms with E-state index in [4.69, 9.17) is 17.3 Å². The number of halogens is 1. The van der Waals surface area contributed by atoms with Crippen LogP contribution in [0, 0.1) is 0 Å². The Hall–Kier alpha value is -1.22. The summed E-state index contributed by atoms with van der Waals surface area (Å²) in [7, 11) is 0. The van der Waals surface area contributed by atoms with Crippen LogP contribution in [0.2, 0.25) is 5.02 Å². The van der Waals surface area contributed by atoms with Gasteiger partial charge in [0.1, 0.15) is 0 Å². The molecule has 0 heterocycles. The van der Waals surface area contributed by atoms with Crippen molar-refractivity contribution in [3.63, 3.8) is 0 Å². The molecule has 0 radical (unpaired) electrons. The minimum atomic E-state index is -0.0355. The first-order valence-electron chi connectivity index (χ1n) is 5.32. The van der Waals surface area contributed by atoms with Crippen molar-refractivity contribution in [2.75, 3.05) is 12.3 Å². The van der Waals surface area contributed by atoms with Gasteiger partial charge in [0.15, 0.2) is 0 Å². The second-order valence-electron chi connectivity index (χ2n) is 3.96. The van der Waals surface area contributed by atoms with Crippen molar-refractivity contribution < 1.29 is 4.79 Å². The van der Waals surface area contributed by atoms with Crippen LogP contribution in [0.15, 0.2) is 18.2 Å². The lowest BCUT2D eigenvalue weighted by molar-refractivity contribution is 0.0717. The second kappa shape index (κ2) is 5.21. The molecular formula is C12H17ClN2O. The molecule has 0 aromatic heterocycles. The molecule has 1 amide bonds. The Morgan fingerprint density at radius 2 is 2.06 bits per heavy atom. The van der Waals surface area contributed by atoms with Crippen LogP contribution in [0.5, 0.6) is 0 Å². The zero-order valence-electron chi connectivity index (χ0n) is 9.83. The van der Waals surface area contributed by atoms with Crippen molar-refractivity contribution in [3.05, 3.63) is 28.8 Å². The molecule has 0 fully saturated rings. The van der Waals surface area contributed by atoms with Gasteiger partial charge in [-0.15, -0.1) is 0 Å². The van der Waals surface area contributed by atoms with Crippen LogP contribution >= 0.6 is 11.6 Å². The van der Waals surface area contributed by atoms with E-state index in [2.05, 4.69) is 0 Å². The molecular weight excluding hydrogens is 224 g/mol. The quantitative estimate of drug-likeness (QED) is 0.826. The summed E-state index contributed by atoms with van der Waals surface area (Å²) in [5.74, 6) is -0.0355. The van der Waals surface area contributed by atoms with Gasteiger partial charge in [-0.25, -0.2) is 0 Å². The molecule has 0 aliphatic carbocycles. The van der Waals surface area contributed by atoms with E-state index in [1.54, 1.807) is 23.1 Å². The molecule has 0 unspecified atom stereocenters. The highest BCUT2D eigenvalue weighted by molar-refractivity contribution is 6.31. The first-order chi connectivity index (χ1) is 7.45. The van der Waals surface area contributed by atoms with Crippen LogP contribution in [0.3, 0.4) is 0 Å². The summed E-state index contributed by atoms with van der Waals surface area (Å²) in [5, 5.41) is 0.489. The average molecular weight is 241 g/mol. The molecule has 4 heteroatoms. The van der Waals surface area contributed by atoms with Gasteiger partial charge in [0.2, 0.25) is 0 Å². The molecule has 16 heavy (non-hydrogen) atoms. The zero-order chi connectivity index (χ0) is 12.3. The Balaban J connectivity index is 3.03. The zero-order valence-corrected chi connectivity index (χ0v) is 10.6. The number of nitrogen functional groups attached to an aromatic ring is 1. The first-order valence-corrected chi connectivity index (χ1v) is 5.70. The highest BCUT2D eigenvalue weighted by Crippen LogP contribution is 2.18. The SMILES string of the molecule is CCN(C(=O)c1cc(N)cc(Cl)c1)C(C)C. The number of carbonyl (C=O) groups is 1. The van der Waals surface area contributed by atoms with E-state index >= 15 is 0 Å². The van der Waals surface area contributed by atoms with Crippen molar-refractivity contribution >= 4 is 23.2 Å². The van der Waals surface area contributed by atoms with Crippen LogP contribution in [0.4, 0.5) is 5.69 Å². The summed E-state index contributed by atoms with van der Waals surface area (Å²) in [6.07, 6.45) is 0. The molecule has 1 aromatic rings. The van der Waals surface area contributed by atoms with E-state index in [-0.39, 0.29) is 11.9 Å². The van der Waals surface area contributed by atoms with Gasteiger partial charge in [-0.2, -0.15) is 0 Å². The van der Waals surface area contributed by atoms with E-state index in [0.717, 1.165) is 0 Å². The Labute approximate surface area is 101 Å². The predicted octanol–water partition coefficient (Wildman–Crippen LogP) is 2.79. The fourth-order valence-electron chi connectivity index (χ4n) is 1.64. The molecule has 0 saturated carbocycles. The van der Waals surface area contributed by atoms with Crippen molar-refractivity contribution in [1.29, 1.82) is 0 Å². The predicted molar refractivity (Wildman–Crippen MR) is 67.7 cm³/mol. The summed E-state index contributed by atoms with van der Waals surface area (Å²) in [6.45, 7) is 6.58.